The van der Waals surface area contributed by atoms with Gasteiger partial charge in [0.05, 0.1) is 27.3 Å². The number of benzene rings is 3. The third kappa shape index (κ3) is 5.09. The van der Waals surface area contributed by atoms with Crippen LogP contribution in [0, 0.1) is 0 Å². The summed E-state index contributed by atoms with van der Waals surface area (Å²) in [6.45, 7) is 0. The van der Waals surface area contributed by atoms with Crippen LogP contribution in [0.1, 0.15) is 21.5 Å². The number of halogens is 4. The molecule has 0 aliphatic rings. The lowest BCUT2D eigenvalue weighted by Crippen LogP contribution is -2.20. The molecule has 0 saturated carbocycles. The fourth-order valence-electron chi connectivity index (χ4n) is 3.09. The highest BCUT2D eigenvalue weighted by molar-refractivity contribution is 6.33. The number of carbonyl (C=O) groups excluding carboxylic acids is 2. The normalized spacial score (nSPS) is 11.3. The third-order valence-corrected chi connectivity index (χ3v) is 4.99. The fraction of sp³-hybridized carbons (Fsp3) is 0.0435. The van der Waals surface area contributed by atoms with Gasteiger partial charge in [0.2, 0.25) is 0 Å². The van der Waals surface area contributed by atoms with E-state index in [4.69, 9.17) is 11.6 Å². The van der Waals surface area contributed by atoms with Crippen molar-refractivity contribution in [3.05, 3.63) is 94.8 Å². The highest BCUT2D eigenvalue weighted by Crippen LogP contribution is 2.33. The summed E-state index contributed by atoms with van der Waals surface area (Å²) in [6.07, 6.45) is -1.51. The number of anilines is 2. The first kappa shape index (κ1) is 22.2. The zero-order chi connectivity index (χ0) is 23.6. The minimum atomic E-state index is -4.58. The molecule has 0 radical (unpaired) electrons. The lowest BCUT2D eigenvalue weighted by Gasteiger charge is -2.13. The number of nitrogens with one attached hydrogen (secondary N) is 2. The monoisotopic (exact) mass is 470 g/mol. The number of aromatic nitrogens is 2. The van der Waals surface area contributed by atoms with E-state index in [1.165, 1.54) is 18.3 Å². The van der Waals surface area contributed by atoms with Crippen molar-refractivity contribution in [2.45, 2.75) is 6.18 Å². The maximum atomic E-state index is 12.9. The maximum absolute atomic E-state index is 12.9. The molecule has 0 bridgehead atoms. The average molecular weight is 471 g/mol. The van der Waals surface area contributed by atoms with E-state index >= 15 is 0 Å². The zero-order valence-electron chi connectivity index (χ0n) is 16.7. The number of hydrogen-bond acceptors (Lipinski definition) is 4. The second-order valence-corrected chi connectivity index (χ2v) is 7.35. The summed E-state index contributed by atoms with van der Waals surface area (Å²) in [7, 11) is 0. The largest absolute Gasteiger partial charge is 0.416 e. The van der Waals surface area contributed by atoms with Crippen molar-refractivity contribution in [3.63, 3.8) is 0 Å². The van der Waals surface area contributed by atoms with Gasteiger partial charge in [0.15, 0.2) is 5.78 Å². The number of alkyl halides is 3. The molecule has 0 unspecified atom stereocenters. The predicted molar refractivity (Wildman–Crippen MR) is 119 cm³/mol. The molecule has 6 nitrogen and oxygen atoms in total. The van der Waals surface area contributed by atoms with Crippen LogP contribution in [0.5, 0.6) is 0 Å². The summed E-state index contributed by atoms with van der Waals surface area (Å²) in [6, 6.07) is 12.9. The Bertz CT molecular complexity index is 1380. The summed E-state index contributed by atoms with van der Waals surface area (Å²) in [4.78, 5) is 33.6. The number of urea groups is 1. The topological polar surface area (TPSA) is 84.0 Å². The standard InChI is InChI=1S/C23H14ClF3N4O2/c24-17-6-5-15(23(25,26)27)12-19(17)31-22(33)30-16-3-1-2-13(10-16)21(32)14-4-7-18-20(11-14)29-9-8-28-18/h1-12H,(H2,30,31,33). The van der Waals surface area contributed by atoms with Crippen molar-refractivity contribution in [1.82, 2.24) is 9.97 Å². The zero-order valence-corrected chi connectivity index (χ0v) is 17.4. The van der Waals surface area contributed by atoms with Crippen LogP contribution in [0.25, 0.3) is 11.0 Å². The van der Waals surface area contributed by atoms with Crippen LogP contribution in [-0.2, 0) is 6.18 Å². The van der Waals surface area contributed by atoms with E-state index in [0.29, 0.717) is 22.2 Å². The smallest absolute Gasteiger partial charge is 0.308 e. The molecule has 33 heavy (non-hydrogen) atoms. The molecule has 1 heterocycles. The Hall–Kier alpha value is -3.98. The Labute approximate surface area is 190 Å². The Morgan fingerprint density at radius 2 is 1.55 bits per heavy atom. The van der Waals surface area contributed by atoms with Crippen LogP contribution in [0.4, 0.5) is 29.3 Å². The van der Waals surface area contributed by atoms with Crippen molar-refractivity contribution in [2.24, 2.45) is 0 Å². The van der Waals surface area contributed by atoms with Gasteiger partial charge in [0.25, 0.3) is 0 Å². The summed E-state index contributed by atoms with van der Waals surface area (Å²) in [5.41, 5.74) is 1.02. The molecule has 1 aromatic heterocycles. The molecule has 166 valence electrons. The van der Waals surface area contributed by atoms with Gasteiger partial charge in [-0.2, -0.15) is 13.2 Å². The first-order valence-electron chi connectivity index (χ1n) is 9.51. The van der Waals surface area contributed by atoms with Crippen LogP contribution < -0.4 is 10.6 Å². The Morgan fingerprint density at radius 3 is 2.30 bits per heavy atom. The minimum absolute atomic E-state index is 0.0542. The lowest BCUT2D eigenvalue weighted by molar-refractivity contribution is -0.137. The molecule has 0 aliphatic heterocycles. The molecule has 0 fully saturated rings. The van der Waals surface area contributed by atoms with Crippen LogP contribution >= 0.6 is 11.6 Å². The first-order valence-corrected chi connectivity index (χ1v) is 9.89. The second-order valence-electron chi connectivity index (χ2n) is 6.94. The van der Waals surface area contributed by atoms with E-state index < -0.39 is 17.8 Å². The molecule has 3 aromatic carbocycles. The van der Waals surface area contributed by atoms with Crippen molar-refractivity contribution < 1.29 is 22.8 Å². The van der Waals surface area contributed by atoms with Crippen LogP contribution in [0.3, 0.4) is 0 Å². The van der Waals surface area contributed by atoms with Crippen molar-refractivity contribution in [1.29, 1.82) is 0 Å². The quantitative estimate of drug-likeness (QED) is 0.349. The summed E-state index contributed by atoms with van der Waals surface area (Å²) < 4.78 is 38.8. The van der Waals surface area contributed by atoms with Gasteiger partial charge in [0.1, 0.15) is 0 Å². The van der Waals surface area contributed by atoms with Gasteiger partial charge >= 0.3 is 12.2 Å². The molecule has 4 rings (SSSR count). The van der Waals surface area contributed by atoms with Gasteiger partial charge < -0.3 is 10.6 Å². The van der Waals surface area contributed by atoms with Crippen molar-refractivity contribution >= 4 is 45.8 Å². The molecule has 0 atom stereocenters. The van der Waals surface area contributed by atoms with E-state index in [9.17, 15) is 22.8 Å². The molecule has 0 aliphatic carbocycles. The van der Waals surface area contributed by atoms with Gasteiger partial charge in [0, 0.05) is 29.2 Å². The number of hydrogen-bond donors (Lipinski definition) is 2. The molecule has 2 amide bonds. The lowest BCUT2D eigenvalue weighted by atomic mass is 10.0. The number of fused-ring (bicyclic) bond motifs is 1. The van der Waals surface area contributed by atoms with Crippen molar-refractivity contribution in [3.8, 4) is 0 Å². The highest BCUT2D eigenvalue weighted by Gasteiger charge is 2.31. The average Bonchev–Trinajstić information content (AvgIpc) is 2.79. The molecule has 0 saturated heterocycles. The SMILES string of the molecule is O=C(Nc1cccc(C(=O)c2ccc3nccnc3c2)c1)Nc1cc(C(F)(F)F)ccc1Cl. The van der Waals surface area contributed by atoms with Gasteiger partial charge in [-0.15, -0.1) is 0 Å². The molecule has 0 spiro atoms. The molecule has 2 N–H and O–H groups in total. The van der Waals surface area contributed by atoms with Crippen molar-refractivity contribution in [2.75, 3.05) is 10.6 Å². The number of carbonyl (C=O) groups is 2. The fourth-order valence-corrected chi connectivity index (χ4v) is 3.26. The minimum Gasteiger partial charge on any atom is -0.308 e. The third-order valence-electron chi connectivity index (χ3n) is 4.66. The molecule has 4 aromatic rings. The number of amides is 2. The highest BCUT2D eigenvalue weighted by atomic mass is 35.5. The molecular formula is C23H14ClF3N4O2. The van der Waals surface area contributed by atoms with E-state index in [2.05, 4.69) is 20.6 Å². The van der Waals surface area contributed by atoms with Gasteiger partial charge in [-0.05, 0) is 48.5 Å². The number of nitrogens with zero attached hydrogens (tertiary/aromatic N) is 2. The van der Waals surface area contributed by atoms with E-state index in [0.717, 1.165) is 18.2 Å². The number of rotatable bonds is 4. The maximum Gasteiger partial charge on any atom is 0.416 e. The molecular weight excluding hydrogens is 457 g/mol. The second kappa shape index (κ2) is 8.87. The summed E-state index contributed by atoms with van der Waals surface area (Å²) >= 11 is 5.91. The van der Waals surface area contributed by atoms with Crippen LogP contribution in [0.2, 0.25) is 5.02 Å². The Morgan fingerprint density at radius 1 is 0.818 bits per heavy atom. The van der Waals surface area contributed by atoms with Gasteiger partial charge in [-0.3, -0.25) is 14.8 Å². The summed E-state index contributed by atoms with van der Waals surface area (Å²) in [5, 5.41) is 4.72. The Balaban J connectivity index is 1.51. The van der Waals surface area contributed by atoms with Gasteiger partial charge in [-0.1, -0.05) is 23.7 Å². The van der Waals surface area contributed by atoms with Gasteiger partial charge in [-0.25, -0.2) is 4.79 Å². The van der Waals surface area contributed by atoms with E-state index in [-0.39, 0.29) is 22.2 Å². The summed E-state index contributed by atoms with van der Waals surface area (Å²) in [5.74, 6) is -0.299. The van der Waals surface area contributed by atoms with Crippen LogP contribution in [0.15, 0.2) is 73.1 Å². The van der Waals surface area contributed by atoms with Crippen LogP contribution in [-0.4, -0.2) is 21.8 Å². The van der Waals surface area contributed by atoms with E-state index in [1.54, 1.807) is 36.5 Å². The first-order chi connectivity index (χ1) is 15.7. The number of ketones is 1. The molecule has 10 heteroatoms. The predicted octanol–water partition coefficient (Wildman–Crippen LogP) is 6.18. The Kier molecular flexibility index (Phi) is 5.97. The van der Waals surface area contributed by atoms with E-state index in [1.807, 2.05) is 0 Å².